The van der Waals surface area contributed by atoms with Crippen LogP contribution in [-0.2, 0) is 11.2 Å². The third-order valence-corrected chi connectivity index (χ3v) is 5.58. The smallest absolute Gasteiger partial charge is 0.263 e. The molecule has 24 heavy (non-hydrogen) atoms. The van der Waals surface area contributed by atoms with Crippen LogP contribution in [0.2, 0.25) is 0 Å². The van der Waals surface area contributed by atoms with Crippen molar-refractivity contribution in [3.63, 3.8) is 0 Å². The number of aliphatic hydroxyl groups is 1. The fourth-order valence-corrected chi connectivity index (χ4v) is 4.38. The minimum atomic E-state index is -0.0617. The van der Waals surface area contributed by atoms with Crippen LogP contribution in [0.25, 0.3) is 11.7 Å². The van der Waals surface area contributed by atoms with Crippen molar-refractivity contribution in [2.75, 3.05) is 6.61 Å². The van der Waals surface area contributed by atoms with E-state index in [0.717, 1.165) is 12.8 Å². The second-order valence-electron chi connectivity index (χ2n) is 6.95. The van der Waals surface area contributed by atoms with Crippen LogP contribution < -0.4 is 5.32 Å². The summed E-state index contributed by atoms with van der Waals surface area (Å²) in [6.07, 6.45) is 5.20. The van der Waals surface area contributed by atoms with Gasteiger partial charge in [0.25, 0.3) is 5.89 Å². The number of carbonyl (C=O) groups excluding carboxylic acids is 1. The highest BCUT2D eigenvalue weighted by atomic mass is 16.4. The number of hydrogen-bond donors (Lipinski definition) is 2. The van der Waals surface area contributed by atoms with Gasteiger partial charge in [-0.15, -0.1) is 0 Å². The van der Waals surface area contributed by atoms with E-state index in [1.165, 1.54) is 6.42 Å². The van der Waals surface area contributed by atoms with Gasteiger partial charge in [0, 0.05) is 18.6 Å². The number of aryl methyl sites for hydroxylation is 1. The van der Waals surface area contributed by atoms with Gasteiger partial charge in [0.15, 0.2) is 5.76 Å². The lowest BCUT2D eigenvalue weighted by atomic mass is 9.85. The van der Waals surface area contributed by atoms with Crippen molar-refractivity contribution in [1.29, 1.82) is 0 Å². The predicted molar refractivity (Wildman–Crippen MR) is 86.0 cm³/mol. The summed E-state index contributed by atoms with van der Waals surface area (Å²) in [6.45, 7) is 1.95. The van der Waals surface area contributed by atoms with Crippen LogP contribution in [0, 0.1) is 24.7 Å². The Hall–Kier alpha value is -2.08. The number of carbonyl (C=O) groups is 1. The first kappa shape index (κ1) is 15.4. The number of nitrogens with zero attached hydrogens (tertiary/aromatic N) is 1. The van der Waals surface area contributed by atoms with Crippen molar-refractivity contribution in [2.24, 2.45) is 17.8 Å². The molecule has 6 heteroatoms. The number of rotatable bonds is 5. The van der Waals surface area contributed by atoms with Gasteiger partial charge in [0.2, 0.25) is 5.91 Å². The molecule has 2 fully saturated rings. The fraction of sp³-hybridized carbons (Fsp3) is 0.556. The molecule has 2 N–H and O–H groups in total. The van der Waals surface area contributed by atoms with Crippen LogP contribution in [0.4, 0.5) is 0 Å². The molecule has 2 saturated carbocycles. The molecule has 1 amide bonds. The van der Waals surface area contributed by atoms with Gasteiger partial charge in [-0.3, -0.25) is 4.79 Å². The van der Waals surface area contributed by atoms with Gasteiger partial charge in [-0.1, -0.05) is 0 Å². The Bertz CT molecular complexity index is 721. The van der Waals surface area contributed by atoms with Crippen molar-refractivity contribution in [2.45, 2.75) is 38.6 Å². The van der Waals surface area contributed by atoms with Gasteiger partial charge in [0.1, 0.15) is 5.76 Å². The average molecular weight is 330 g/mol. The highest BCUT2D eigenvalue weighted by Gasteiger charge is 2.47. The molecule has 0 aliphatic heterocycles. The largest absolute Gasteiger partial charge is 0.459 e. The molecule has 2 bridgehead atoms. The van der Waals surface area contributed by atoms with E-state index in [1.807, 2.05) is 0 Å². The van der Waals surface area contributed by atoms with Gasteiger partial charge in [-0.05, 0) is 50.2 Å². The highest BCUT2D eigenvalue weighted by Crippen LogP contribution is 2.48. The lowest BCUT2D eigenvalue weighted by Crippen LogP contribution is -2.45. The molecule has 4 unspecified atom stereocenters. The van der Waals surface area contributed by atoms with Crippen LogP contribution >= 0.6 is 0 Å². The molecule has 2 aliphatic rings. The molecule has 2 heterocycles. The van der Waals surface area contributed by atoms with Gasteiger partial charge in [-0.2, -0.15) is 0 Å². The molecule has 4 rings (SSSR count). The first-order chi connectivity index (χ1) is 11.7. The molecule has 0 radical (unpaired) electrons. The molecule has 0 aromatic carbocycles. The molecule has 128 valence electrons. The molecular weight excluding hydrogens is 308 g/mol. The number of amides is 1. The number of furan rings is 1. The lowest BCUT2D eigenvalue weighted by Gasteiger charge is -2.30. The summed E-state index contributed by atoms with van der Waals surface area (Å²) >= 11 is 0. The van der Waals surface area contributed by atoms with E-state index in [-0.39, 0.29) is 30.9 Å². The number of oxazole rings is 1. The van der Waals surface area contributed by atoms with Crippen LogP contribution in [0.1, 0.15) is 30.7 Å². The van der Waals surface area contributed by atoms with Crippen LogP contribution in [0.15, 0.2) is 27.2 Å². The minimum absolute atomic E-state index is 0.0617. The number of fused-ring (bicyclic) bond motifs is 2. The maximum Gasteiger partial charge on any atom is 0.263 e. The fourth-order valence-electron chi connectivity index (χ4n) is 4.38. The Morgan fingerprint density at radius 1 is 1.42 bits per heavy atom. The highest BCUT2D eigenvalue weighted by molar-refractivity contribution is 5.79. The van der Waals surface area contributed by atoms with Gasteiger partial charge in [-0.25, -0.2) is 4.98 Å². The minimum Gasteiger partial charge on any atom is -0.459 e. The van der Waals surface area contributed by atoms with Crippen molar-refractivity contribution in [3.05, 3.63) is 29.9 Å². The van der Waals surface area contributed by atoms with Crippen LogP contribution in [-0.4, -0.2) is 28.6 Å². The summed E-state index contributed by atoms with van der Waals surface area (Å²) in [5.41, 5.74) is 0.627. The number of aliphatic hydroxyl groups excluding tert-OH is 1. The first-order valence-corrected chi connectivity index (χ1v) is 8.56. The Morgan fingerprint density at radius 3 is 3.00 bits per heavy atom. The quantitative estimate of drug-likeness (QED) is 0.878. The summed E-state index contributed by atoms with van der Waals surface area (Å²) in [7, 11) is 0. The van der Waals surface area contributed by atoms with E-state index in [1.54, 1.807) is 25.3 Å². The van der Waals surface area contributed by atoms with Gasteiger partial charge >= 0.3 is 0 Å². The number of nitrogens with one attached hydrogen (secondary N) is 1. The molecule has 2 aromatic heterocycles. The topological polar surface area (TPSA) is 88.5 Å². The molecule has 2 aromatic rings. The predicted octanol–water partition coefficient (Wildman–Crippen LogP) is 2.31. The summed E-state index contributed by atoms with van der Waals surface area (Å²) in [6, 6.07) is 3.64. The zero-order valence-electron chi connectivity index (χ0n) is 13.7. The van der Waals surface area contributed by atoms with Crippen molar-refractivity contribution < 1.29 is 18.7 Å². The number of hydrogen-bond acceptors (Lipinski definition) is 5. The molecule has 0 saturated heterocycles. The molecular formula is C18H22N2O4. The van der Waals surface area contributed by atoms with E-state index in [4.69, 9.17) is 8.83 Å². The van der Waals surface area contributed by atoms with E-state index < -0.39 is 0 Å². The van der Waals surface area contributed by atoms with Gasteiger partial charge in [0.05, 0.1) is 18.4 Å². The third kappa shape index (κ3) is 2.65. The normalized spacial score (nSPS) is 28.4. The average Bonchev–Trinajstić information content (AvgIpc) is 3.31. The van der Waals surface area contributed by atoms with Crippen LogP contribution in [0.5, 0.6) is 0 Å². The number of aromatic nitrogens is 1. The molecule has 2 aliphatic carbocycles. The summed E-state index contributed by atoms with van der Waals surface area (Å²) in [5.74, 6) is 2.78. The van der Waals surface area contributed by atoms with Crippen LogP contribution in [0.3, 0.4) is 0 Å². The molecule has 0 spiro atoms. The maximum atomic E-state index is 12.5. The summed E-state index contributed by atoms with van der Waals surface area (Å²) in [4.78, 5) is 16.8. The Morgan fingerprint density at radius 2 is 2.25 bits per heavy atom. The van der Waals surface area contributed by atoms with Crippen molar-refractivity contribution >= 4 is 5.91 Å². The molecule has 4 atom stereocenters. The van der Waals surface area contributed by atoms with Gasteiger partial charge < -0.3 is 19.3 Å². The molecule has 6 nitrogen and oxygen atoms in total. The Kier molecular flexibility index (Phi) is 3.92. The van der Waals surface area contributed by atoms with E-state index in [2.05, 4.69) is 10.3 Å². The summed E-state index contributed by atoms with van der Waals surface area (Å²) < 4.78 is 10.9. The van der Waals surface area contributed by atoms with E-state index >= 15 is 0 Å². The third-order valence-electron chi connectivity index (χ3n) is 5.58. The zero-order valence-corrected chi connectivity index (χ0v) is 13.7. The van der Waals surface area contributed by atoms with Crippen molar-refractivity contribution in [1.82, 2.24) is 10.3 Å². The Labute approximate surface area is 140 Å². The second kappa shape index (κ2) is 6.09. The Balaban J connectivity index is 1.43. The monoisotopic (exact) mass is 330 g/mol. The van der Waals surface area contributed by atoms with E-state index in [9.17, 15) is 9.90 Å². The maximum absolute atomic E-state index is 12.5. The SMILES string of the molecule is Cc1oc(-c2ccco2)nc1CC(=O)NC1C2CCC(C2)C1CO. The standard InChI is InChI=1S/C18H22N2O4/c1-10-14(19-18(24-10)15-3-2-6-23-15)8-16(22)20-17-12-5-4-11(7-12)13(17)9-21/h2-3,6,11-13,17,21H,4-5,7-9H2,1H3,(H,20,22). The summed E-state index contributed by atoms with van der Waals surface area (Å²) in [5, 5.41) is 12.8. The van der Waals surface area contributed by atoms with Crippen molar-refractivity contribution in [3.8, 4) is 11.7 Å². The lowest BCUT2D eigenvalue weighted by molar-refractivity contribution is -0.122. The second-order valence-corrected chi connectivity index (χ2v) is 6.95. The first-order valence-electron chi connectivity index (χ1n) is 8.56. The van der Waals surface area contributed by atoms with E-state index in [0.29, 0.717) is 34.9 Å². The zero-order chi connectivity index (χ0) is 16.7.